The predicted octanol–water partition coefficient (Wildman–Crippen LogP) is 5.40. The Balaban J connectivity index is 1.92. The number of nitrogens with one attached hydrogen (secondary N) is 1. The molecule has 2 rings (SSSR count). The molecule has 2 heteroatoms. The maximum atomic E-state index is 6.22. The zero-order chi connectivity index (χ0) is 14.9. The van der Waals surface area contributed by atoms with Gasteiger partial charge in [0.2, 0.25) is 0 Å². The van der Waals surface area contributed by atoms with Gasteiger partial charge in [-0.1, -0.05) is 67.1 Å². The number of aryl methyl sites for hydroxylation is 1. The molecule has 1 atom stereocenters. The van der Waals surface area contributed by atoms with E-state index in [9.17, 15) is 0 Å². The molecular formula is C19H24ClN. The molecule has 1 unspecified atom stereocenters. The Labute approximate surface area is 133 Å². The zero-order valence-corrected chi connectivity index (χ0v) is 13.4. The Bertz CT molecular complexity index is 524. The van der Waals surface area contributed by atoms with Crippen molar-refractivity contribution in [1.29, 1.82) is 0 Å². The van der Waals surface area contributed by atoms with Crippen LogP contribution in [0.1, 0.15) is 43.4 Å². The highest BCUT2D eigenvalue weighted by Gasteiger charge is 2.10. The van der Waals surface area contributed by atoms with E-state index < -0.39 is 0 Å². The van der Waals surface area contributed by atoms with Crippen LogP contribution in [0.5, 0.6) is 0 Å². The van der Waals surface area contributed by atoms with Gasteiger partial charge in [0.25, 0.3) is 0 Å². The number of halogens is 1. The summed E-state index contributed by atoms with van der Waals surface area (Å²) in [6.07, 6.45) is 4.47. The molecule has 0 radical (unpaired) electrons. The van der Waals surface area contributed by atoms with Crippen molar-refractivity contribution in [3.05, 3.63) is 70.7 Å². The first-order valence-corrected chi connectivity index (χ1v) is 8.20. The van der Waals surface area contributed by atoms with E-state index >= 15 is 0 Å². The summed E-state index contributed by atoms with van der Waals surface area (Å²) >= 11 is 6.22. The van der Waals surface area contributed by atoms with E-state index in [1.807, 2.05) is 12.1 Å². The summed E-state index contributed by atoms with van der Waals surface area (Å²) in [4.78, 5) is 0. The van der Waals surface area contributed by atoms with Gasteiger partial charge in [-0.3, -0.25) is 0 Å². The minimum absolute atomic E-state index is 0.439. The van der Waals surface area contributed by atoms with Gasteiger partial charge in [0.1, 0.15) is 0 Å². The Hall–Kier alpha value is -1.31. The third kappa shape index (κ3) is 5.18. The first kappa shape index (κ1) is 16.1. The lowest BCUT2D eigenvalue weighted by Gasteiger charge is -2.19. The minimum atomic E-state index is 0.439. The van der Waals surface area contributed by atoms with Crippen molar-refractivity contribution in [3.8, 4) is 0 Å². The average molecular weight is 302 g/mol. The summed E-state index contributed by atoms with van der Waals surface area (Å²) < 4.78 is 0. The van der Waals surface area contributed by atoms with Gasteiger partial charge in [-0.25, -0.2) is 0 Å². The Morgan fingerprint density at radius 2 is 1.71 bits per heavy atom. The summed E-state index contributed by atoms with van der Waals surface area (Å²) in [6.45, 7) is 3.27. The lowest BCUT2D eigenvalue weighted by atomic mass is 9.99. The topological polar surface area (TPSA) is 12.0 Å². The maximum absolute atomic E-state index is 6.22. The number of rotatable bonds is 8. The third-order valence-electron chi connectivity index (χ3n) is 3.74. The summed E-state index contributed by atoms with van der Waals surface area (Å²) in [5, 5.41) is 4.54. The maximum Gasteiger partial charge on any atom is 0.0437 e. The Morgan fingerprint density at radius 1 is 1.00 bits per heavy atom. The van der Waals surface area contributed by atoms with Crippen LogP contribution in [0.25, 0.3) is 0 Å². The van der Waals surface area contributed by atoms with Gasteiger partial charge in [-0.15, -0.1) is 0 Å². The molecule has 0 aliphatic carbocycles. The lowest BCUT2D eigenvalue weighted by Crippen LogP contribution is -2.22. The SMILES string of the molecule is CCCNC(CCCc1ccccc1Cl)c1ccccc1. The van der Waals surface area contributed by atoms with Crippen LogP contribution in [0, 0.1) is 0 Å². The van der Waals surface area contributed by atoms with Gasteiger partial charge < -0.3 is 5.32 Å². The summed E-state index contributed by atoms with van der Waals surface area (Å²) in [5.74, 6) is 0. The van der Waals surface area contributed by atoms with E-state index in [1.165, 1.54) is 11.1 Å². The average Bonchev–Trinajstić information content (AvgIpc) is 2.53. The van der Waals surface area contributed by atoms with Crippen LogP contribution < -0.4 is 5.32 Å². The molecule has 0 aliphatic heterocycles. The van der Waals surface area contributed by atoms with E-state index in [1.54, 1.807) is 0 Å². The van der Waals surface area contributed by atoms with Crippen LogP contribution in [-0.4, -0.2) is 6.54 Å². The minimum Gasteiger partial charge on any atom is -0.310 e. The number of hydrogen-bond donors (Lipinski definition) is 1. The second-order valence-electron chi connectivity index (χ2n) is 5.40. The third-order valence-corrected chi connectivity index (χ3v) is 4.11. The molecule has 0 saturated carbocycles. The van der Waals surface area contributed by atoms with E-state index in [-0.39, 0.29) is 0 Å². The summed E-state index contributed by atoms with van der Waals surface area (Å²) in [5.41, 5.74) is 2.63. The highest BCUT2D eigenvalue weighted by molar-refractivity contribution is 6.31. The Morgan fingerprint density at radius 3 is 2.43 bits per heavy atom. The quantitative estimate of drug-likeness (QED) is 0.688. The number of benzene rings is 2. The van der Waals surface area contributed by atoms with E-state index in [0.717, 1.165) is 37.3 Å². The van der Waals surface area contributed by atoms with Gasteiger partial charge in [0.05, 0.1) is 0 Å². The highest BCUT2D eigenvalue weighted by atomic mass is 35.5. The molecule has 112 valence electrons. The van der Waals surface area contributed by atoms with Gasteiger partial charge in [0, 0.05) is 11.1 Å². The van der Waals surface area contributed by atoms with Crippen molar-refractivity contribution in [2.75, 3.05) is 6.54 Å². The molecule has 0 saturated heterocycles. The molecule has 0 aliphatic rings. The molecule has 0 aromatic heterocycles. The fraction of sp³-hybridized carbons (Fsp3) is 0.368. The van der Waals surface area contributed by atoms with Gasteiger partial charge in [0.15, 0.2) is 0 Å². The molecule has 21 heavy (non-hydrogen) atoms. The van der Waals surface area contributed by atoms with E-state index in [4.69, 9.17) is 11.6 Å². The predicted molar refractivity (Wildman–Crippen MR) is 91.9 cm³/mol. The number of hydrogen-bond acceptors (Lipinski definition) is 1. The second-order valence-corrected chi connectivity index (χ2v) is 5.81. The van der Waals surface area contributed by atoms with Crippen molar-refractivity contribution < 1.29 is 0 Å². The summed E-state index contributed by atoms with van der Waals surface area (Å²) in [7, 11) is 0. The van der Waals surface area contributed by atoms with Crippen molar-refractivity contribution >= 4 is 11.6 Å². The fourth-order valence-corrected chi connectivity index (χ4v) is 2.82. The molecule has 2 aromatic carbocycles. The van der Waals surface area contributed by atoms with Crippen LogP contribution in [0.3, 0.4) is 0 Å². The molecular weight excluding hydrogens is 278 g/mol. The van der Waals surface area contributed by atoms with Gasteiger partial charge >= 0.3 is 0 Å². The normalized spacial score (nSPS) is 12.3. The van der Waals surface area contributed by atoms with Crippen molar-refractivity contribution in [3.63, 3.8) is 0 Å². The largest absolute Gasteiger partial charge is 0.310 e. The molecule has 1 nitrogen and oxygen atoms in total. The first-order chi connectivity index (χ1) is 10.3. The van der Waals surface area contributed by atoms with Crippen molar-refractivity contribution in [1.82, 2.24) is 5.32 Å². The Kier molecular flexibility index (Phi) is 6.78. The van der Waals surface area contributed by atoms with Crippen molar-refractivity contribution in [2.45, 2.75) is 38.6 Å². The smallest absolute Gasteiger partial charge is 0.0437 e. The van der Waals surface area contributed by atoms with Gasteiger partial charge in [-0.2, -0.15) is 0 Å². The van der Waals surface area contributed by atoms with E-state index in [0.29, 0.717) is 6.04 Å². The van der Waals surface area contributed by atoms with Crippen LogP contribution >= 0.6 is 11.6 Å². The standard InChI is InChI=1S/C19H24ClN/c1-2-15-21-19(17-10-4-3-5-11-17)14-8-12-16-9-6-7-13-18(16)20/h3-7,9-11,13,19,21H,2,8,12,14-15H2,1H3. The summed E-state index contributed by atoms with van der Waals surface area (Å²) in [6, 6.07) is 19.3. The monoisotopic (exact) mass is 301 g/mol. The van der Waals surface area contributed by atoms with E-state index in [2.05, 4.69) is 54.7 Å². The molecule has 2 aromatic rings. The molecule has 0 spiro atoms. The fourth-order valence-electron chi connectivity index (χ4n) is 2.59. The highest BCUT2D eigenvalue weighted by Crippen LogP contribution is 2.22. The van der Waals surface area contributed by atoms with Gasteiger partial charge in [-0.05, 0) is 49.4 Å². The molecule has 0 amide bonds. The molecule has 0 fully saturated rings. The first-order valence-electron chi connectivity index (χ1n) is 7.83. The van der Waals surface area contributed by atoms with Crippen LogP contribution in [0.2, 0.25) is 5.02 Å². The van der Waals surface area contributed by atoms with Crippen LogP contribution in [0.15, 0.2) is 54.6 Å². The zero-order valence-electron chi connectivity index (χ0n) is 12.7. The van der Waals surface area contributed by atoms with Crippen LogP contribution in [-0.2, 0) is 6.42 Å². The molecule has 1 N–H and O–H groups in total. The van der Waals surface area contributed by atoms with Crippen molar-refractivity contribution in [2.24, 2.45) is 0 Å². The lowest BCUT2D eigenvalue weighted by molar-refractivity contribution is 0.484. The second kappa shape index (κ2) is 8.86. The molecule has 0 bridgehead atoms. The van der Waals surface area contributed by atoms with Crippen LogP contribution in [0.4, 0.5) is 0 Å². The molecule has 0 heterocycles.